The third-order valence-electron chi connectivity index (χ3n) is 3.80. The van der Waals surface area contributed by atoms with E-state index in [-0.39, 0.29) is 18.9 Å². The van der Waals surface area contributed by atoms with Gasteiger partial charge in [0.15, 0.2) is 0 Å². The highest BCUT2D eigenvalue weighted by Crippen LogP contribution is 2.29. The molecule has 2 aromatic carbocycles. The highest BCUT2D eigenvalue weighted by Gasteiger charge is 2.29. The second kappa shape index (κ2) is 6.96. The Morgan fingerprint density at radius 1 is 1.08 bits per heavy atom. The van der Waals surface area contributed by atoms with Crippen LogP contribution in [-0.4, -0.2) is 15.9 Å². The second-order valence-corrected chi connectivity index (χ2v) is 5.67. The summed E-state index contributed by atoms with van der Waals surface area (Å²) in [7, 11) is 0. The number of rotatable bonds is 5. The minimum absolute atomic E-state index is 0.180. The summed E-state index contributed by atoms with van der Waals surface area (Å²) < 4.78 is 37.5. The van der Waals surface area contributed by atoms with Crippen LogP contribution >= 0.6 is 0 Å². The van der Waals surface area contributed by atoms with Crippen LogP contribution in [0.3, 0.4) is 0 Å². The molecule has 0 saturated carbocycles. The van der Waals surface area contributed by atoms with Gasteiger partial charge in [0.2, 0.25) is 5.91 Å². The van der Waals surface area contributed by atoms with Crippen LogP contribution in [-0.2, 0) is 23.9 Å². The molecule has 0 fully saturated rings. The Kier molecular flexibility index (Phi) is 4.74. The molecule has 0 atom stereocenters. The van der Waals surface area contributed by atoms with E-state index in [9.17, 15) is 18.0 Å². The number of aryl methyl sites for hydroxylation is 1. The number of aromatic nitrogens is 2. The number of nitrogens with one attached hydrogen (secondary N) is 2. The molecular weight excluding hydrogens is 331 g/mol. The smallest absolute Gasteiger partial charge is 0.352 e. The fourth-order valence-corrected chi connectivity index (χ4v) is 2.46. The van der Waals surface area contributed by atoms with Crippen LogP contribution in [0.1, 0.15) is 23.4 Å². The first-order chi connectivity index (χ1) is 11.9. The number of hydrogen-bond donors (Lipinski definition) is 2. The second-order valence-electron chi connectivity index (χ2n) is 5.67. The van der Waals surface area contributed by atoms with Crippen LogP contribution < -0.4 is 5.32 Å². The van der Waals surface area contributed by atoms with Gasteiger partial charge in [-0.05, 0) is 29.8 Å². The summed E-state index contributed by atoms with van der Waals surface area (Å²) >= 11 is 0. The van der Waals surface area contributed by atoms with E-state index in [0.717, 1.165) is 29.0 Å². The lowest BCUT2D eigenvalue weighted by molar-refractivity contribution is -0.137. The number of hydrogen-bond acceptors (Lipinski definition) is 2. The maximum atomic E-state index is 12.5. The molecule has 0 aliphatic rings. The van der Waals surface area contributed by atoms with Gasteiger partial charge in [-0.15, -0.1) is 0 Å². The first kappa shape index (κ1) is 17.0. The number of halogens is 3. The van der Waals surface area contributed by atoms with Crippen molar-refractivity contribution in [2.75, 3.05) is 0 Å². The van der Waals surface area contributed by atoms with Gasteiger partial charge in [-0.2, -0.15) is 13.2 Å². The molecule has 0 spiro atoms. The number of carbonyl (C=O) groups excluding carboxylic acids is 1. The molecule has 1 heterocycles. The van der Waals surface area contributed by atoms with Crippen molar-refractivity contribution in [1.82, 2.24) is 15.3 Å². The van der Waals surface area contributed by atoms with E-state index in [0.29, 0.717) is 12.0 Å². The molecular formula is C18H16F3N3O. The third-order valence-corrected chi connectivity index (χ3v) is 3.80. The highest BCUT2D eigenvalue weighted by molar-refractivity contribution is 5.77. The summed E-state index contributed by atoms with van der Waals surface area (Å²) in [5.41, 5.74) is 1.68. The number of imidazole rings is 1. The molecule has 25 heavy (non-hydrogen) atoms. The van der Waals surface area contributed by atoms with E-state index in [4.69, 9.17) is 0 Å². The van der Waals surface area contributed by atoms with Crippen LogP contribution in [0.2, 0.25) is 0 Å². The predicted molar refractivity (Wildman–Crippen MR) is 87.7 cm³/mol. The zero-order chi connectivity index (χ0) is 17.9. The van der Waals surface area contributed by atoms with Gasteiger partial charge in [0.25, 0.3) is 0 Å². The lowest BCUT2D eigenvalue weighted by atomic mass is 10.1. The molecule has 7 heteroatoms. The van der Waals surface area contributed by atoms with Gasteiger partial charge in [-0.25, -0.2) is 4.98 Å². The lowest BCUT2D eigenvalue weighted by Gasteiger charge is -2.08. The van der Waals surface area contributed by atoms with Crippen molar-refractivity contribution >= 4 is 16.9 Å². The maximum Gasteiger partial charge on any atom is 0.416 e. The molecule has 0 aliphatic heterocycles. The van der Waals surface area contributed by atoms with Crippen molar-refractivity contribution in [3.05, 3.63) is 65.5 Å². The van der Waals surface area contributed by atoms with Crippen LogP contribution in [0.5, 0.6) is 0 Å². The SMILES string of the molecule is O=C(CCc1nc2ccccc2[nH]1)NCc1ccc(C(F)(F)F)cc1. The Balaban J connectivity index is 1.49. The van der Waals surface area contributed by atoms with Crippen molar-refractivity contribution in [1.29, 1.82) is 0 Å². The topological polar surface area (TPSA) is 57.8 Å². The molecule has 3 rings (SSSR count). The fraction of sp³-hybridized carbons (Fsp3) is 0.222. The molecule has 1 amide bonds. The quantitative estimate of drug-likeness (QED) is 0.737. The van der Waals surface area contributed by atoms with Gasteiger partial charge in [-0.3, -0.25) is 4.79 Å². The zero-order valence-electron chi connectivity index (χ0n) is 13.2. The molecule has 0 bridgehead atoms. The van der Waals surface area contributed by atoms with Crippen molar-refractivity contribution < 1.29 is 18.0 Å². The Bertz CT molecular complexity index is 836. The number of fused-ring (bicyclic) bond motifs is 1. The monoisotopic (exact) mass is 347 g/mol. The molecule has 130 valence electrons. The average Bonchev–Trinajstić information content (AvgIpc) is 3.00. The summed E-state index contributed by atoms with van der Waals surface area (Å²) in [6.45, 7) is 0.192. The van der Waals surface area contributed by atoms with Gasteiger partial charge < -0.3 is 10.3 Å². The molecule has 0 aliphatic carbocycles. The summed E-state index contributed by atoms with van der Waals surface area (Å²) in [6, 6.07) is 12.3. The van der Waals surface area contributed by atoms with Crippen LogP contribution in [0.25, 0.3) is 11.0 Å². The standard InChI is InChI=1S/C18H16F3N3O/c19-18(20,21)13-7-5-12(6-8-13)11-22-17(25)10-9-16-23-14-3-1-2-4-15(14)24-16/h1-8H,9-11H2,(H,22,25)(H,23,24). The van der Waals surface area contributed by atoms with Gasteiger partial charge in [-0.1, -0.05) is 24.3 Å². The van der Waals surface area contributed by atoms with E-state index in [1.807, 2.05) is 24.3 Å². The molecule has 0 unspecified atom stereocenters. The first-order valence-electron chi connectivity index (χ1n) is 7.78. The van der Waals surface area contributed by atoms with E-state index in [1.165, 1.54) is 12.1 Å². The predicted octanol–water partition coefficient (Wildman–Crippen LogP) is 3.83. The van der Waals surface area contributed by atoms with Gasteiger partial charge >= 0.3 is 6.18 Å². The van der Waals surface area contributed by atoms with E-state index in [1.54, 1.807) is 0 Å². The number of benzene rings is 2. The van der Waals surface area contributed by atoms with Crippen molar-refractivity contribution in [3.63, 3.8) is 0 Å². The van der Waals surface area contributed by atoms with Crippen LogP contribution in [0, 0.1) is 0 Å². The molecule has 4 nitrogen and oxygen atoms in total. The molecule has 0 radical (unpaired) electrons. The Labute approximate surface area is 142 Å². The van der Waals surface area contributed by atoms with Crippen molar-refractivity contribution in [2.24, 2.45) is 0 Å². The van der Waals surface area contributed by atoms with Crippen LogP contribution in [0.15, 0.2) is 48.5 Å². The highest BCUT2D eigenvalue weighted by atomic mass is 19.4. The largest absolute Gasteiger partial charge is 0.416 e. The average molecular weight is 347 g/mol. The minimum Gasteiger partial charge on any atom is -0.352 e. The molecule has 2 N–H and O–H groups in total. The molecule has 0 saturated heterocycles. The molecule has 3 aromatic rings. The van der Waals surface area contributed by atoms with Crippen LogP contribution in [0.4, 0.5) is 13.2 Å². The lowest BCUT2D eigenvalue weighted by Crippen LogP contribution is -2.23. The number of nitrogens with zero attached hydrogens (tertiary/aromatic N) is 1. The summed E-state index contributed by atoms with van der Waals surface area (Å²) in [4.78, 5) is 19.4. The summed E-state index contributed by atoms with van der Waals surface area (Å²) in [5, 5.41) is 2.70. The van der Waals surface area contributed by atoms with Crippen molar-refractivity contribution in [3.8, 4) is 0 Å². The number of H-pyrrole nitrogens is 1. The summed E-state index contributed by atoms with van der Waals surface area (Å²) in [6.07, 6.45) is -3.64. The third kappa shape index (κ3) is 4.37. The number of aromatic amines is 1. The first-order valence-corrected chi connectivity index (χ1v) is 7.78. The Morgan fingerprint density at radius 3 is 2.48 bits per heavy atom. The number of carbonyl (C=O) groups is 1. The van der Waals surface area contributed by atoms with Gasteiger partial charge in [0, 0.05) is 19.4 Å². The van der Waals surface area contributed by atoms with E-state index in [2.05, 4.69) is 15.3 Å². The van der Waals surface area contributed by atoms with E-state index < -0.39 is 11.7 Å². The van der Waals surface area contributed by atoms with Crippen molar-refractivity contribution in [2.45, 2.75) is 25.6 Å². The molecule has 1 aromatic heterocycles. The number of para-hydroxylation sites is 2. The maximum absolute atomic E-state index is 12.5. The Hall–Kier alpha value is -2.83. The van der Waals surface area contributed by atoms with E-state index >= 15 is 0 Å². The fourth-order valence-electron chi connectivity index (χ4n) is 2.46. The minimum atomic E-state index is -4.35. The zero-order valence-corrected chi connectivity index (χ0v) is 13.2. The number of amides is 1. The van der Waals surface area contributed by atoms with Gasteiger partial charge in [0.1, 0.15) is 5.82 Å². The Morgan fingerprint density at radius 2 is 1.80 bits per heavy atom. The number of alkyl halides is 3. The normalized spacial score (nSPS) is 11.6. The van der Waals surface area contributed by atoms with Gasteiger partial charge in [0.05, 0.1) is 16.6 Å². The summed E-state index contributed by atoms with van der Waals surface area (Å²) in [5.74, 6) is 0.547.